The summed E-state index contributed by atoms with van der Waals surface area (Å²) in [6.45, 7) is 4.08. The van der Waals surface area contributed by atoms with E-state index in [0.29, 0.717) is 0 Å². The summed E-state index contributed by atoms with van der Waals surface area (Å²) in [5, 5.41) is 3.87. The minimum atomic E-state index is -0.00222. The molecule has 0 saturated heterocycles. The van der Waals surface area contributed by atoms with E-state index in [-0.39, 0.29) is 5.56 Å². The van der Waals surface area contributed by atoms with Crippen LogP contribution in [0.4, 0.5) is 0 Å². The highest BCUT2D eigenvalue weighted by Crippen LogP contribution is 2.29. The fraction of sp³-hybridized carbons (Fsp3) is 0.0833. The van der Waals surface area contributed by atoms with Gasteiger partial charge in [0.15, 0.2) is 0 Å². The summed E-state index contributed by atoms with van der Waals surface area (Å²) in [5.41, 5.74) is 4.71. The minimum Gasteiger partial charge on any atom is -0.274 e. The van der Waals surface area contributed by atoms with Crippen LogP contribution in [-0.2, 0) is 0 Å². The topological polar surface area (TPSA) is 34.9 Å². The van der Waals surface area contributed by atoms with E-state index in [1.807, 2.05) is 66.1 Å². The maximum Gasteiger partial charge on any atom is 0.263 e. The van der Waals surface area contributed by atoms with Gasteiger partial charge in [-0.25, -0.2) is 0 Å². The van der Waals surface area contributed by atoms with Gasteiger partial charge in [-0.2, -0.15) is 0 Å². The molecule has 27 heavy (non-hydrogen) atoms. The fourth-order valence-electron chi connectivity index (χ4n) is 3.97. The van der Waals surface area contributed by atoms with Crippen LogP contribution in [0.2, 0.25) is 0 Å². The normalized spacial score (nSPS) is 11.5. The summed E-state index contributed by atoms with van der Waals surface area (Å²) in [4.78, 5) is 18.2. The lowest BCUT2D eigenvalue weighted by molar-refractivity contribution is 1.06. The van der Waals surface area contributed by atoms with Crippen molar-refractivity contribution >= 4 is 32.6 Å². The smallest absolute Gasteiger partial charge is 0.263 e. The Kier molecular flexibility index (Phi) is 3.37. The average molecular weight is 350 g/mol. The van der Waals surface area contributed by atoms with E-state index in [0.717, 1.165) is 43.8 Å². The van der Waals surface area contributed by atoms with Gasteiger partial charge in [0.2, 0.25) is 0 Å². The van der Waals surface area contributed by atoms with E-state index in [1.165, 1.54) is 5.56 Å². The first kappa shape index (κ1) is 15.8. The highest BCUT2D eigenvalue weighted by Gasteiger charge is 2.15. The summed E-state index contributed by atoms with van der Waals surface area (Å²) < 4.78 is 1.82. The van der Waals surface area contributed by atoms with Gasteiger partial charge in [-0.3, -0.25) is 14.3 Å². The van der Waals surface area contributed by atoms with E-state index >= 15 is 0 Å². The number of aromatic nitrogens is 2. The van der Waals surface area contributed by atoms with Gasteiger partial charge in [-0.1, -0.05) is 48.0 Å². The number of aryl methyl sites for hydroxylation is 2. The average Bonchev–Trinajstić information content (AvgIpc) is 2.68. The van der Waals surface area contributed by atoms with Gasteiger partial charge in [-0.15, -0.1) is 0 Å². The highest BCUT2D eigenvalue weighted by molar-refractivity contribution is 6.08. The first-order chi connectivity index (χ1) is 13.1. The second kappa shape index (κ2) is 5.78. The third-order valence-corrected chi connectivity index (χ3v) is 5.23. The number of rotatable bonds is 1. The quantitative estimate of drug-likeness (QED) is 0.384. The third kappa shape index (κ3) is 2.28. The van der Waals surface area contributed by atoms with Gasteiger partial charge in [0.05, 0.1) is 22.1 Å². The zero-order chi connectivity index (χ0) is 18.5. The number of hydrogen-bond acceptors (Lipinski definition) is 2. The van der Waals surface area contributed by atoms with Crippen molar-refractivity contribution in [3.63, 3.8) is 0 Å². The number of benzene rings is 3. The zero-order valence-corrected chi connectivity index (χ0v) is 15.2. The Morgan fingerprint density at radius 2 is 1.67 bits per heavy atom. The van der Waals surface area contributed by atoms with E-state index in [2.05, 4.69) is 24.0 Å². The summed E-state index contributed by atoms with van der Waals surface area (Å²) in [6.07, 6.45) is 1.77. The van der Waals surface area contributed by atoms with Crippen molar-refractivity contribution < 1.29 is 0 Å². The maximum atomic E-state index is 13.6. The third-order valence-electron chi connectivity index (χ3n) is 5.23. The van der Waals surface area contributed by atoms with Crippen LogP contribution in [-0.4, -0.2) is 9.55 Å². The van der Waals surface area contributed by atoms with Gasteiger partial charge >= 0.3 is 0 Å². The molecule has 2 aromatic heterocycles. The number of pyridine rings is 2. The van der Waals surface area contributed by atoms with Crippen molar-refractivity contribution in [2.24, 2.45) is 0 Å². The monoisotopic (exact) mass is 350 g/mol. The second-order valence-electron chi connectivity index (χ2n) is 7.01. The van der Waals surface area contributed by atoms with Crippen LogP contribution in [0.3, 0.4) is 0 Å². The number of hydrogen-bond donors (Lipinski definition) is 0. The lowest BCUT2D eigenvalue weighted by Crippen LogP contribution is -2.20. The Hall–Kier alpha value is -3.46. The predicted octanol–water partition coefficient (Wildman–Crippen LogP) is 5.31. The zero-order valence-electron chi connectivity index (χ0n) is 15.2. The Morgan fingerprint density at radius 1 is 0.852 bits per heavy atom. The summed E-state index contributed by atoms with van der Waals surface area (Å²) in [7, 11) is 0. The fourth-order valence-corrected chi connectivity index (χ4v) is 3.97. The minimum absolute atomic E-state index is 0.00222. The van der Waals surface area contributed by atoms with Gasteiger partial charge in [0, 0.05) is 17.0 Å². The largest absolute Gasteiger partial charge is 0.274 e. The molecule has 0 unspecified atom stereocenters. The molecule has 3 nitrogen and oxygen atoms in total. The molecular weight excluding hydrogens is 332 g/mol. The molecule has 0 radical (unpaired) electrons. The van der Waals surface area contributed by atoms with Crippen LogP contribution in [0, 0.1) is 13.8 Å². The molecule has 0 aliphatic carbocycles. The Morgan fingerprint density at radius 3 is 2.56 bits per heavy atom. The van der Waals surface area contributed by atoms with E-state index in [1.54, 1.807) is 6.20 Å². The number of nitrogens with zero attached hydrogens (tertiary/aromatic N) is 2. The molecule has 3 aromatic carbocycles. The van der Waals surface area contributed by atoms with Crippen LogP contribution < -0.4 is 5.56 Å². The standard InChI is InChI=1S/C24H18N2O/c1-15-11-12-20-19(14-15)18-9-3-6-16(2)22(18)24(27)26(20)21-10-4-7-17-8-5-13-25-23(17)21/h3-14H,1-2H3. The van der Waals surface area contributed by atoms with Crippen LogP contribution in [0.15, 0.2) is 77.7 Å². The first-order valence-electron chi connectivity index (χ1n) is 9.04. The van der Waals surface area contributed by atoms with Gasteiger partial charge < -0.3 is 0 Å². The van der Waals surface area contributed by atoms with Crippen molar-refractivity contribution in [3.05, 3.63) is 94.4 Å². The van der Waals surface area contributed by atoms with Crippen molar-refractivity contribution in [3.8, 4) is 5.69 Å². The highest BCUT2D eigenvalue weighted by atomic mass is 16.1. The molecule has 3 heteroatoms. The lowest BCUT2D eigenvalue weighted by atomic mass is 10.0. The molecular formula is C24H18N2O. The Balaban J connectivity index is 2.07. The molecule has 0 saturated carbocycles. The number of fused-ring (bicyclic) bond motifs is 4. The van der Waals surface area contributed by atoms with Crippen molar-refractivity contribution in [1.29, 1.82) is 0 Å². The van der Waals surface area contributed by atoms with Crippen molar-refractivity contribution in [2.45, 2.75) is 13.8 Å². The molecule has 0 N–H and O–H groups in total. The summed E-state index contributed by atoms with van der Waals surface area (Å²) in [5.74, 6) is 0. The molecule has 5 rings (SSSR count). The van der Waals surface area contributed by atoms with Crippen LogP contribution >= 0.6 is 0 Å². The van der Waals surface area contributed by atoms with Crippen LogP contribution in [0.25, 0.3) is 38.3 Å². The first-order valence-corrected chi connectivity index (χ1v) is 9.04. The molecule has 5 aromatic rings. The molecule has 0 amide bonds. The molecule has 0 spiro atoms. The Bertz CT molecular complexity index is 1410. The van der Waals surface area contributed by atoms with E-state index < -0.39 is 0 Å². The van der Waals surface area contributed by atoms with Gasteiger partial charge in [0.25, 0.3) is 5.56 Å². The maximum absolute atomic E-state index is 13.6. The van der Waals surface area contributed by atoms with Crippen molar-refractivity contribution in [2.75, 3.05) is 0 Å². The molecule has 130 valence electrons. The van der Waals surface area contributed by atoms with Gasteiger partial charge in [0.1, 0.15) is 0 Å². The molecule has 0 aliphatic heterocycles. The molecule has 0 fully saturated rings. The van der Waals surface area contributed by atoms with Crippen molar-refractivity contribution in [1.82, 2.24) is 9.55 Å². The van der Waals surface area contributed by atoms with Gasteiger partial charge in [-0.05, 0) is 49.1 Å². The predicted molar refractivity (Wildman–Crippen MR) is 112 cm³/mol. The molecule has 0 aliphatic rings. The van der Waals surface area contributed by atoms with E-state index in [9.17, 15) is 4.79 Å². The summed E-state index contributed by atoms with van der Waals surface area (Å²) in [6, 6.07) is 22.2. The summed E-state index contributed by atoms with van der Waals surface area (Å²) >= 11 is 0. The number of para-hydroxylation sites is 1. The van der Waals surface area contributed by atoms with E-state index in [4.69, 9.17) is 0 Å². The Labute approximate surface area is 156 Å². The van der Waals surface area contributed by atoms with Crippen LogP contribution in [0.5, 0.6) is 0 Å². The SMILES string of the molecule is Cc1ccc2c(c1)c1cccc(C)c1c(=O)n2-c1cccc2cccnc12. The molecule has 2 heterocycles. The lowest BCUT2D eigenvalue weighted by Gasteiger charge is -2.16. The molecule has 0 bridgehead atoms. The molecule has 0 atom stereocenters. The van der Waals surface area contributed by atoms with Crippen LogP contribution in [0.1, 0.15) is 11.1 Å². The second-order valence-corrected chi connectivity index (χ2v) is 7.01.